The van der Waals surface area contributed by atoms with E-state index in [-0.39, 0.29) is 0 Å². The molecule has 0 aliphatic carbocycles. The van der Waals surface area contributed by atoms with E-state index in [1.807, 2.05) is 0 Å². The number of amides is 3. The summed E-state index contributed by atoms with van der Waals surface area (Å²) >= 11 is 0. The molecule has 5 unspecified atom stereocenters. The second-order valence-corrected chi connectivity index (χ2v) is 6.82. The van der Waals surface area contributed by atoms with Crippen LogP contribution in [0.15, 0.2) is 0 Å². The normalized spacial score (nSPS) is 15.5. The quantitative estimate of drug-likeness (QED) is 0.133. The van der Waals surface area contributed by atoms with Crippen LogP contribution >= 0.6 is 0 Å². The van der Waals surface area contributed by atoms with Crippen molar-refractivity contribution in [2.75, 3.05) is 0 Å². The van der Waals surface area contributed by atoms with Crippen LogP contribution in [0.1, 0.15) is 39.5 Å². The van der Waals surface area contributed by atoms with Crippen molar-refractivity contribution in [3.8, 4) is 0 Å². The molecule has 0 aromatic rings. The van der Waals surface area contributed by atoms with Gasteiger partial charge in [-0.2, -0.15) is 0 Å². The van der Waals surface area contributed by atoms with Gasteiger partial charge in [-0.25, -0.2) is 4.79 Å². The first-order valence-electron chi connectivity index (χ1n) is 9.27. The molecular formula is C17H28N4O10. The average molecular weight is 448 g/mol. The number of carbonyl (C=O) groups is 6. The van der Waals surface area contributed by atoms with E-state index in [9.17, 15) is 33.9 Å². The molecule has 0 aliphatic heterocycles. The van der Waals surface area contributed by atoms with E-state index >= 15 is 0 Å². The fourth-order valence-corrected chi connectivity index (χ4v) is 2.23. The van der Waals surface area contributed by atoms with Crippen LogP contribution < -0.4 is 21.7 Å². The number of carboxylic acids is 3. The molecule has 0 heterocycles. The summed E-state index contributed by atoms with van der Waals surface area (Å²) in [4.78, 5) is 69.3. The maximum absolute atomic E-state index is 12.4. The van der Waals surface area contributed by atoms with E-state index < -0.39 is 91.6 Å². The summed E-state index contributed by atoms with van der Waals surface area (Å²) < 4.78 is 0. The van der Waals surface area contributed by atoms with Gasteiger partial charge < -0.3 is 42.1 Å². The molecule has 5 atom stereocenters. The van der Waals surface area contributed by atoms with Crippen LogP contribution in [0, 0.1) is 0 Å². The van der Waals surface area contributed by atoms with E-state index in [0.29, 0.717) is 0 Å². The number of nitrogens with two attached hydrogens (primary N) is 1. The number of carbonyl (C=O) groups excluding carboxylic acids is 3. The fourth-order valence-electron chi connectivity index (χ4n) is 2.23. The van der Waals surface area contributed by atoms with Crippen LogP contribution in [0.3, 0.4) is 0 Å². The number of hydrogen-bond donors (Lipinski definition) is 8. The van der Waals surface area contributed by atoms with Crippen LogP contribution in [0.4, 0.5) is 0 Å². The van der Waals surface area contributed by atoms with E-state index in [2.05, 4.69) is 16.0 Å². The van der Waals surface area contributed by atoms with Gasteiger partial charge in [-0.3, -0.25) is 24.0 Å². The van der Waals surface area contributed by atoms with Crippen LogP contribution in [-0.4, -0.2) is 86.3 Å². The molecule has 0 radical (unpaired) electrons. The lowest BCUT2D eigenvalue weighted by Gasteiger charge is -2.23. The highest BCUT2D eigenvalue weighted by Crippen LogP contribution is 2.04. The third-order valence-corrected chi connectivity index (χ3v) is 4.12. The molecule has 0 aromatic heterocycles. The molecule has 14 heteroatoms. The van der Waals surface area contributed by atoms with E-state index in [4.69, 9.17) is 21.1 Å². The lowest BCUT2D eigenvalue weighted by Crippen LogP contribution is -2.57. The Labute approximate surface area is 177 Å². The number of carboxylic acid groups (broad SMARTS) is 3. The number of aliphatic hydroxyl groups excluding tert-OH is 1. The highest BCUT2D eigenvalue weighted by molar-refractivity contribution is 5.94. The van der Waals surface area contributed by atoms with Crippen LogP contribution in [-0.2, 0) is 28.8 Å². The standard InChI is InChI=1S/C17H28N4O10/c1-7(19-16(29)13(18)8(2)22)14(27)20-9(3-5-11(23)24)15(28)21-10(17(30)31)4-6-12(25)26/h7-10,13,22H,3-6,18H2,1-2H3,(H,19,29)(H,20,27)(H,21,28)(H,23,24)(H,25,26)(H,30,31). The minimum atomic E-state index is -1.58. The number of aliphatic hydroxyl groups is 1. The van der Waals surface area contributed by atoms with Crippen molar-refractivity contribution in [1.82, 2.24) is 16.0 Å². The topological polar surface area (TPSA) is 245 Å². The second-order valence-electron chi connectivity index (χ2n) is 6.82. The lowest BCUT2D eigenvalue weighted by molar-refractivity contribution is -0.144. The van der Waals surface area contributed by atoms with Crippen molar-refractivity contribution < 1.29 is 49.2 Å². The van der Waals surface area contributed by atoms with E-state index in [0.717, 1.165) is 0 Å². The Balaban J connectivity index is 5.22. The van der Waals surface area contributed by atoms with Gasteiger partial charge in [0.15, 0.2) is 0 Å². The number of rotatable bonds is 14. The summed E-state index contributed by atoms with van der Waals surface area (Å²) in [6, 6.07) is -5.58. The number of hydrogen-bond acceptors (Lipinski definition) is 8. The number of aliphatic carboxylic acids is 3. The molecule has 0 saturated heterocycles. The van der Waals surface area contributed by atoms with Gasteiger partial charge >= 0.3 is 17.9 Å². The molecule has 0 bridgehead atoms. The van der Waals surface area contributed by atoms with Crippen LogP contribution in [0.25, 0.3) is 0 Å². The number of nitrogens with one attached hydrogen (secondary N) is 3. The van der Waals surface area contributed by atoms with E-state index in [1.165, 1.54) is 13.8 Å². The SMILES string of the molecule is CC(NC(=O)C(N)C(C)O)C(=O)NC(CCC(=O)O)C(=O)NC(CCC(=O)O)C(=O)O. The van der Waals surface area contributed by atoms with Crippen molar-refractivity contribution in [3.05, 3.63) is 0 Å². The van der Waals surface area contributed by atoms with Gasteiger partial charge in [-0.05, 0) is 26.7 Å². The summed E-state index contributed by atoms with van der Waals surface area (Å²) in [5.41, 5.74) is 5.45. The van der Waals surface area contributed by atoms with Crippen molar-refractivity contribution in [3.63, 3.8) is 0 Å². The van der Waals surface area contributed by atoms with Gasteiger partial charge in [0, 0.05) is 12.8 Å². The zero-order valence-corrected chi connectivity index (χ0v) is 17.0. The summed E-state index contributed by atoms with van der Waals surface area (Å²) in [5, 5.41) is 42.4. The fraction of sp³-hybridized carbons (Fsp3) is 0.647. The maximum atomic E-state index is 12.4. The average Bonchev–Trinajstić information content (AvgIpc) is 2.66. The smallest absolute Gasteiger partial charge is 0.326 e. The second kappa shape index (κ2) is 13.1. The summed E-state index contributed by atoms with van der Waals surface area (Å²) in [6.45, 7) is 2.52. The molecule has 9 N–H and O–H groups in total. The van der Waals surface area contributed by atoms with Crippen molar-refractivity contribution in [2.45, 2.75) is 69.8 Å². The Hall–Kier alpha value is -3.26. The van der Waals surface area contributed by atoms with Crippen molar-refractivity contribution in [2.24, 2.45) is 5.73 Å². The monoisotopic (exact) mass is 448 g/mol. The molecule has 176 valence electrons. The predicted octanol–water partition coefficient (Wildman–Crippen LogP) is -3.02. The highest BCUT2D eigenvalue weighted by Gasteiger charge is 2.29. The predicted molar refractivity (Wildman–Crippen MR) is 102 cm³/mol. The zero-order valence-electron chi connectivity index (χ0n) is 17.0. The third-order valence-electron chi connectivity index (χ3n) is 4.12. The summed E-state index contributed by atoms with van der Waals surface area (Å²) in [5.74, 6) is -6.84. The largest absolute Gasteiger partial charge is 0.481 e. The minimum absolute atomic E-state index is 0.397. The lowest BCUT2D eigenvalue weighted by atomic mass is 10.1. The molecule has 0 saturated carbocycles. The van der Waals surface area contributed by atoms with Gasteiger partial charge in [0.25, 0.3) is 0 Å². The van der Waals surface area contributed by atoms with Crippen molar-refractivity contribution in [1.29, 1.82) is 0 Å². The maximum Gasteiger partial charge on any atom is 0.326 e. The Morgan fingerprint density at radius 2 is 1.19 bits per heavy atom. The highest BCUT2D eigenvalue weighted by atomic mass is 16.4. The molecule has 31 heavy (non-hydrogen) atoms. The van der Waals surface area contributed by atoms with Gasteiger partial charge in [-0.15, -0.1) is 0 Å². The first kappa shape index (κ1) is 27.7. The molecule has 3 amide bonds. The molecule has 0 fully saturated rings. The first-order chi connectivity index (χ1) is 14.3. The molecule has 0 spiro atoms. The first-order valence-corrected chi connectivity index (χ1v) is 9.27. The Kier molecular flexibility index (Phi) is 11.7. The summed E-state index contributed by atoms with van der Waals surface area (Å²) in [6.07, 6.45) is -3.11. The molecular weight excluding hydrogens is 420 g/mol. The zero-order chi connectivity index (χ0) is 24.3. The molecule has 0 aliphatic rings. The molecule has 0 aromatic carbocycles. The van der Waals surface area contributed by atoms with Gasteiger partial charge in [0.2, 0.25) is 17.7 Å². The van der Waals surface area contributed by atoms with E-state index in [1.54, 1.807) is 0 Å². The Morgan fingerprint density at radius 3 is 1.61 bits per heavy atom. The van der Waals surface area contributed by atoms with Gasteiger partial charge in [0.05, 0.1) is 6.10 Å². The van der Waals surface area contributed by atoms with Gasteiger partial charge in [-0.1, -0.05) is 0 Å². The third kappa shape index (κ3) is 10.9. The van der Waals surface area contributed by atoms with Crippen molar-refractivity contribution >= 4 is 35.6 Å². The summed E-state index contributed by atoms with van der Waals surface area (Å²) in [7, 11) is 0. The molecule has 0 rings (SSSR count). The molecule has 14 nitrogen and oxygen atoms in total. The van der Waals surface area contributed by atoms with Gasteiger partial charge in [0.1, 0.15) is 24.2 Å². The minimum Gasteiger partial charge on any atom is -0.481 e. The van der Waals surface area contributed by atoms with Crippen LogP contribution in [0.5, 0.6) is 0 Å². The Bertz CT molecular complexity index is 696. The van der Waals surface area contributed by atoms with Crippen LogP contribution in [0.2, 0.25) is 0 Å². The Morgan fingerprint density at radius 1 is 0.742 bits per heavy atom.